The van der Waals surface area contributed by atoms with Gasteiger partial charge in [-0.25, -0.2) is 12.8 Å². The van der Waals surface area contributed by atoms with Crippen LogP contribution in [0.3, 0.4) is 0 Å². The van der Waals surface area contributed by atoms with Gasteiger partial charge in [-0.1, -0.05) is 67.1 Å². The molecule has 196 valence electrons. The van der Waals surface area contributed by atoms with Gasteiger partial charge in [-0.3, -0.25) is 13.9 Å². The summed E-state index contributed by atoms with van der Waals surface area (Å²) in [7, 11) is -4.30. The Morgan fingerprint density at radius 3 is 2.19 bits per heavy atom. The molecule has 0 aromatic heterocycles. The molecule has 0 fully saturated rings. The molecule has 7 nitrogen and oxygen atoms in total. The topological polar surface area (TPSA) is 86.8 Å². The Balaban J connectivity index is 2.01. The summed E-state index contributed by atoms with van der Waals surface area (Å²) in [5.74, 6) is -1.78. The minimum Gasteiger partial charge on any atom is -0.354 e. The number of nitrogens with zero attached hydrogens (tertiary/aromatic N) is 2. The van der Waals surface area contributed by atoms with Gasteiger partial charge >= 0.3 is 0 Å². The van der Waals surface area contributed by atoms with Gasteiger partial charge in [-0.05, 0) is 50.1 Å². The van der Waals surface area contributed by atoms with Crippen molar-refractivity contribution in [3.8, 4) is 0 Å². The Morgan fingerprint density at radius 1 is 0.946 bits per heavy atom. The van der Waals surface area contributed by atoms with Gasteiger partial charge in [-0.2, -0.15) is 0 Å². The summed E-state index contributed by atoms with van der Waals surface area (Å²) in [6.45, 7) is 5.29. The summed E-state index contributed by atoms with van der Waals surface area (Å²) in [4.78, 5) is 27.8. The Morgan fingerprint density at radius 2 is 1.57 bits per heavy atom. The molecular weight excluding hydrogens is 493 g/mol. The number of hydrogen-bond acceptors (Lipinski definition) is 4. The van der Waals surface area contributed by atoms with Crippen molar-refractivity contribution >= 4 is 27.5 Å². The third-order valence-electron chi connectivity index (χ3n) is 5.92. The monoisotopic (exact) mass is 525 g/mol. The van der Waals surface area contributed by atoms with Crippen LogP contribution < -0.4 is 9.62 Å². The lowest BCUT2D eigenvalue weighted by molar-refractivity contribution is -0.139. The van der Waals surface area contributed by atoms with Crippen molar-refractivity contribution in [1.82, 2.24) is 10.2 Å². The molecule has 3 aromatic rings. The van der Waals surface area contributed by atoms with E-state index in [1.807, 2.05) is 38.1 Å². The fourth-order valence-electron chi connectivity index (χ4n) is 3.76. The van der Waals surface area contributed by atoms with E-state index >= 15 is 0 Å². The predicted octanol–water partition coefficient (Wildman–Crippen LogP) is 4.27. The van der Waals surface area contributed by atoms with Crippen LogP contribution in [0.15, 0.2) is 83.8 Å². The number of anilines is 1. The molecule has 37 heavy (non-hydrogen) atoms. The third kappa shape index (κ3) is 6.95. The second kappa shape index (κ2) is 12.5. The highest BCUT2D eigenvalue weighted by molar-refractivity contribution is 7.92. The number of hydrogen-bond donors (Lipinski definition) is 1. The maximum atomic E-state index is 14.9. The minimum absolute atomic E-state index is 0.0788. The third-order valence-corrected chi connectivity index (χ3v) is 7.70. The molecule has 0 aliphatic heterocycles. The van der Waals surface area contributed by atoms with Crippen LogP contribution in [0.2, 0.25) is 0 Å². The molecule has 2 amide bonds. The molecule has 0 aliphatic carbocycles. The fraction of sp³-hybridized carbons (Fsp3) is 0.286. The SMILES string of the molecule is CCCNC(=O)[C@H](C)N(Cc1ccc(C)cc1)C(=O)CN(c1ccccc1F)S(=O)(=O)c1ccccc1. The van der Waals surface area contributed by atoms with Crippen LogP contribution in [0.25, 0.3) is 0 Å². The predicted molar refractivity (Wildman–Crippen MR) is 142 cm³/mol. The van der Waals surface area contributed by atoms with Gasteiger partial charge in [0.25, 0.3) is 10.0 Å². The normalized spacial score (nSPS) is 12.0. The lowest BCUT2D eigenvalue weighted by Gasteiger charge is -2.32. The highest BCUT2D eigenvalue weighted by Crippen LogP contribution is 2.26. The van der Waals surface area contributed by atoms with Crippen LogP contribution in [0.5, 0.6) is 0 Å². The quantitative estimate of drug-likeness (QED) is 0.405. The van der Waals surface area contributed by atoms with E-state index in [1.54, 1.807) is 25.1 Å². The van der Waals surface area contributed by atoms with Gasteiger partial charge in [0.05, 0.1) is 10.6 Å². The standard InChI is InChI=1S/C28H32FN3O4S/c1-4-18-30-28(34)22(3)31(19-23-16-14-21(2)15-17-23)27(33)20-32(26-13-9-8-12-25(26)29)37(35,36)24-10-6-5-7-11-24/h5-17,22H,4,18-20H2,1-3H3,(H,30,34)/t22-/m0/s1. The summed E-state index contributed by atoms with van der Waals surface area (Å²) in [6.07, 6.45) is 0.723. The zero-order valence-electron chi connectivity index (χ0n) is 21.2. The first kappa shape index (κ1) is 27.9. The minimum atomic E-state index is -4.30. The average Bonchev–Trinajstić information content (AvgIpc) is 2.90. The van der Waals surface area contributed by atoms with Crippen molar-refractivity contribution in [2.24, 2.45) is 0 Å². The van der Waals surface area contributed by atoms with Crippen molar-refractivity contribution in [3.05, 3.63) is 95.8 Å². The summed E-state index contributed by atoms with van der Waals surface area (Å²) in [6, 6.07) is 19.5. The molecule has 3 rings (SSSR count). The summed E-state index contributed by atoms with van der Waals surface area (Å²) in [5, 5.41) is 2.79. The molecule has 0 saturated carbocycles. The van der Waals surface area contributed by atoms with E-state index in [4.69, 9.17) is 0 Å². The number of amides is 2. The smallest absolute Gasteiger partial charge is 0.264 e. The summed E-state index contributed by atoms with van der Waals surface area (Å²) >= 11 is 0. The lowest BCUT2D eigenvalue weighted by Crippen LogP contribution is -2.51. The molecule has 0 bridgehead atoms. The van der Waals surface area contributed by atoms with Crippen LogP contribution in [-0.2, 0) is 26.2 Å². The number of benzene rings is 3. The van der Waals surface area contributed by atoms with E-state index in [0.29, 0.717) is 6.54 Å². The molecule has 0 heterocycles. The Bertz CT molecular complexity index is 1310. The fourth-order valence-corrected chi connectivity index (χ4v) is 5.20. The van der Waals surface area contributed by atoms with Crippen molar-refractivity contribution in [2.75, 3.05) is 17.4 Å². The zero-order chi connectivity index (χ0) is 27.0. The van der Waals surface area contributed by atoms with Gasteiger partial charge in [0, 0.05) is 13.1 Å². The second-order valence-electron chi connectivity index (χ2n) is 8.75. The van der Waals surface area contributed by atoms with E-state index in [-0.39, 0.29) is 23.0 Å². The lowest BCUT2D eigenvalue weighted by atomic mass is 10.1. The molecule has 3 aromatic carbocycles. The number of halogens is 1. The van der Waals surface area contributed by atoms with Gasteiger partial charge in [0.2, 0.25) is 11.8 Å². The van der Waals surface area contributed by atoms with E-state index < -0.39 is 34.3 Å². The molecule has 0 aliphatic rings. The maximum Gasteiger partial charge on any atom is 0.264 e. The highest BCUT2D eigenvalue weighted by atomic mass is 32.2. The summed E-state index contributed by atoms with van der Waals surface area (Å²) < 4.78 is 42.8. The number of sulfonamides is 1. The van der Waals surface area contributed by atoms with Gasteiger partial charge in [0.15, 0.2) is 0 Å². The maximum absolute atomic E-state index is 14.9. The van der Waals surface area contributed by atoms with Gasteiger partial charge in [0.1, 0.15) is 18.4 Å². The zero-order valence-corrected chi connectivity index (χ0v) is 22.0. The number of aryl methyl sites for hydroxylation is 1. The molecule has 1 atom stereocenters. The van der Waals surface area contributed by atoms with Crippen LogP contribution in [-0.4, -0.2) is 44.3 Å². The van der Waals surface area contributed by atoms with Crippen LogP contribution in [0.4, 0.5) is 10.1 Å². The molecule has 0 radical (unpaired) electrons. The Kier molecular flexibility index (Phi) is 9.41. The molecule has 1 N–H and O–H groups in total. The average molecular weight is 526 g/mol. The van der Waals surface area contributed by atoms with Crippen molar-refractivity contribution < 1.29 is 22.4 Å². The van der Waals surface area contributed by atoms with E-state index in [9.17, 15) is 22.4 Å². The number of carbonyl (C=O) groups excluding carboxylic acids is 2. The van der Waals surface area contributed by atoms with Crippen molar-refractivity contribution in [3.63, 3.8) is 0 Å². The van der Waals surface area contributed by atoms with Gasteiger partial charge in [-0.15, -0.1) is 0 Å². The van der Waals surface area contributed by atoms with E-state index in [0.717, 1.165) is 27.9 Å². The first-order valence-corrected chi connectivity index (χ1v) is 13.5. The van der Waals surface area contributed by atoms with E-state index in [2.05, 4.69) is 5.32 Å². The van der Waals surface area contributed by atoms with Gasteiger partial charge < -0.3 is 10.2 Å². The Labute approximate surface area is 218 Å². The van der Waals surface area contributed by atoms with E-state index in [1.165, 1.54) is 35.2 Å². The first-order valence-electron chi connectivity index (χ1n) is 12.1. The molecular formula is C28H32FN3O4S. The first-order chi connectivity index (χ1) is 17.6. The molecule has 0 spiro atoms. The number of para-hydroxylation sites is 1. The molecule has 9 heteroatoms. The van der Waals surface area contributed by atoms with Crippen LogP contribution in [0, 0.1) is 12.7 Å². The number of nitrogens with one attached hydrogen (secondary N) is 1. The second-order valence-corrected chi connectivity index (χ2v) is 10.6. The van der Waals surface area contributed by atoms with Crippen LogP contribution >= 0.6 is 0 Å². The molecule has 0 unspecified atom stereocenters. The number of rotatable bonds is 11. The highest BCUT2D eigenvalue weighted by Gasteiger charge is 2.33. The largest absolute Gasteiger partial charge is 0.354 e. The number of carbonyl (C=O) groups is 2. The van der Waals surface area contributed by atoms with Crippen molar-refractivity contribution in [2.45, 2.75) is 44.7 Å². The summed E-state index contributed by atoms with van der Waals surface area (Å²) in [5.41, 5.74) is 1.56. The van der Waals surface area contributed by atoms with Crippen molar-refractivity contribution in [1.29, 1.82) is 0 Å². The molecule has 0 saturated heterocycles. The van der Waals surface area contributed by atoms with Crippen LogP contribution in [0.1, 0.15) is 31.4 Å². The Hall–Kier alpha value is -3.72.